The van der Waals surface area contributed by atoms with Crippen LogP contribution < -0.4 is 16.0 Å². The molecule has 0 aliphatic carbocycles. The number of piperazine rings is 1. The summed E-state index contributed by atoms with van der Waals surface area (Å²) >= 11 is 0. The summed E-state index contributed by atoms with van der Waals surface area (Å²) in [5.74, 6) is -0.558. The first-order valence-electron chi connectivity index (χ1n) is 10.3. The molecule has 1 saturated heterocycles. The maximum atomic E-state index is 14.8. The Hall–Kier alpha value is -2.64. The Kier molecular flexibility index (Phi) is 6.95. The van der Waals surface area contributed by atoms with E-state index in [4.69, 9.17) is 10.6 Å². The van der Waals surface area contributed by atoms with Crippen molar-refractivity contribution < 1.29 is 14.0 Å². The minimum Gasteiger partial charge on any atom is -0.381 e. The van der Waals surface area contributed by atoms with Gasteiger partial charge in [0.2, 0.25) is 0 Å². The van der Waals surface area contributed by atoms with Crippen molar-refractivity contribution in [2.24, 2.45) is 11.1 Å². The number of hydrogen-bond donors (Lipinski definition) is 2. The fourth-order valence-electron chi connectivity index (χ4n) is 3.37. The van der Waals surface area contributed by atoms with Gasteiger partial charge in [0.25, 0.3) is 0 Å². The molecule has 0 atom stereocenters. The summed E-state index contributed by atoms with van der Waals surface area (Å²) in [6.07, 6.45) is 0. The molecule has 3 N–H and O–H groups in total. The van der Waals surface area contributed by atoms with Crippen LogP contribution >= 0.6 is 0 Å². The van der Waals surface area contributed by atoms with Crippen LogP contribution in [0.4, 0.5) is 15.8 Å². The van der Waals surface area contributed by atoms with Crippen molar-refractivity contribution in [2.45, 2.75) is 33.9 Å². The number of carbonyl (C=O) groups excluding carboxylic acids is 1. The Bertz CT molecular complexity index is 859. The molecule has 2 aromatic carbocycles. The maximum absolute atomic E-state index is 14.8. The SMILES string of the molecule is CC(C)(C)C(=O)ON1CCN(c2c(F)ccc(NCc3ccccc3)c2CN)CC1. The van der Waals surface area contributed by atoms with Crippen LogP contribution in [0.25, 0.3) is 0 Å². The van der Waals surface area contributed by atoms with Gasteiger partial charge in [-0.1, -0.05) is 30.3 Å². The Morgan fingerprint density at radius 3 is 2.37 bits per heavy atom. The number of hydroxylamine groups is 2. The molecule has 0 saturated carbocycles. The van der Waals surface area contributed by atoms with E-state index >= 15 is 0 Å². The highest BCUT2D eigenvalue weighted by atomic mass is 19.1. The Morgan fingerprint density at radius 2 is 1.77 bits per heavy atom. The van der Waals surface area contributed by atoms with E-state index in [1.165, 1.54) is 6.07 Å². The van der Waals surface area contributed by atoms with Crippen LogP contribution in [0.3, 0.4) is 0 Å². The zero-order chi connectivity index (χ0) is 21.7. The van der Waals surface area contributed by atoms with Crippen LogP contribution in [-0.2, 0) is 22.7 Å². The van der Waals surface area contributed by atoms with E-state index in [0.717, 1.165) is 16.8 Å². The van der Waals surface area contributed by atoms with E-state index < -0.39 is 5.41 Å². The average molecular weight is 415 g/mol. The van der Waals surface area contributed by atoms with Crippen molar-refractivity contribution in [3.63, 3.8) is 0 Å². The van der Waals surface area contributed by atoms with Gasteiger partial charge >= 0.3 is 5.97 Å². The summed E-state index contributed by atoms with van der Waals surface area (Å²) in [6.45, 7) is 8.43. The minimum atomic E-state index is -0.561. The predicted molar refractivity (Wildman–Crippen MR) is 117 cm³/mol. The highest BCUT2D eigenvalue weighted by Gasteiger charge is 2.29. The van der Waals surface area contributed by atoms with Gasteiger partial charge in [-0.25, -0.2) is 9.18 Å². The van der Waals surface area contributed by atoms with Gasteiger partial charge in [-0.2, -0.15) is 0 Å². The monoisotopic (exact) mass is 414 g/mol. The molecule has 3 rings (SSSR count). The fraction of sp³-hybridized carbons (Fsp3) is 0.435. The first kappa shape index (κ1) is 22.1. The van der Waals surface area contributed by atoms with Crippen LogP contribution in [0.5, 0.6) is 0 Å². The van der Waals surface area contributed by atoms with Crippen LogP contribution in [0.2, 0.25) is 0 Å². The molecular weight excluding hydrogens is 383 g/mol. The fourth-order valence-corrected chi connectivity index (χ4v) is 3.37. The third kappa shape index (κ3) is 5.29. The average Bonchev–Trinajstić information content (AvgIpc) is 2.73. The minimum absolute atomic E-state index is 0.226. The van der Waals surface area contributed by atoms with Gasteiger partial charge in [-0.15, -0.1) is 5.06 Å². The number of rotatable bonds is 6. The molecule has 1 aliphatic rings. The quantitative estimate of drug-likeness (QED) is 0.754. The number of nitrogens with one attached hydrogen (secondary N) is 1. The van der Waals surface area contributed by atoms with Crippen molar-refractivity contribution in [1.29, 1.82) is 0 Å². The van der Waals surface area contributed by atoms with Gasteiger partial charge in [0, 0.05) is 37.4 Å². The summed E-state index contributed by atoms with van der Waals surface area (Å²) in [4.78, 5) is 19.6. The highest BCUT2D eigenvalue weighted by molar-refractivity contribution is 5.75. The topological polar surface area (TPSA) is 70.8 Å². The molecule has 1 fully saturated rings. The third-order valence-electron chi connectivity index (χ3n) is 5.14. The van der Waals surface area contributed by atoms with E-state index in [9.17, 15) is 9.18 Å². The van der Waals surface area contributed by atoms with Crippen LogP contribution in [0, 0.1) is 11.2 Å². The number of anilines is 2. The highest BCUT2D eigenvalue weighted by Crippen LogP contribution is 2.32. The summed E-state index contributed by atoms with van der Waals surface area (Å²) in [5, 5.41) is 5.04. The van der Waals surface area contributed by atoms with Crippen LogP contribution in [-0.4, -0.2) is 37.2 Å². The molecule has 7 heteroatoms. The molecule has 2 aromatic rings. The van der Waals surface area contributed by atoms with Gasteiger partial charge in [-0.05, 0) is 38.5 Å². The normalized spacial score (nSPS) is 15.2. The van der Waals surface area contributed by atoms with E-state index in [2.05, 4.69) is 5.32 Å². The number of nitrogens with two attached hydrogens (primary N) is 1. The summed E-state index contributed by atoms with van der Waals surface area (Å²) in [5.41, 5.74) is 8.72. The van der Waals surface area contributed by atoms with Crippen molar-refractivity contribution in [3.05, 3.63) is 59.4 Å². The smallest absolute Gasteiger partial charge is 0.330 e. The second-order valence-corrected chi connectivity index (χ2v) is 8.51. The van der Waals surface area contributed by atoms with Gasteiger partial charge < -0.3 is 20.8 Å². The van der Waals surface area contributed by atoms with Gasteiger partial charge in [0.1, 0.15) is 5.82 Å². The third-order valence-corrected chi connectivity index (χ3v) is 5.14. The lowest BCUT2D eigenvalue weighted by Gasteiger charge is -2.37. The first-order valence-corrected chi connectivity index (χ1v) is 10.3. The number of carbonyl (C=O) groups is 1. The molecule has 30 heavy (non-hydrogen) atoms. The summed E-state index contributed by atoms with van der Waals surface area (Å²) in [7, 11) is 0. The van der Waals surface area contributed by atoms with E-state index in [1.54, 1.807) is 11.1 Å². The van der Waals surface area contributed by atoms with Gasteiger partial charge in [-0.3, -0.25) is 0 Å². The molecule has 0 spiro atoms. The van der Waals surface area contributed by atoms with E-state index in [0.29, 0.717) is 38.4 Å². The van der Waals surface area contributed by atoms with Crippen molar-refractivity contribution in [3.8, 4) is 0 Å². The number of hydrogen-bond acceptors (Lipinski definition) is 6. The lowest BCUT2D eigenvalue weighted by atomic mass is 9.98. The lowest BCUT2D eigenvalue weighted by Crippen LogP contribution is -2.48. The molecule has 6 nitrogen and oxygen atoms in total. The van der Waals surface area contributed by atoms with Crippen molar-refractivity contribution in [1.82, 2.24) is 5.06 Å². The molecule has 0 radical (unpaired) electrons. The Labute approximate surface area is 177 Å². The molecule has 0 bridgehead atoms. The van der Waals surface area contributed by atoms with E-state index in [1.807, 2.05) is 56.0 Å². The van der Waals surface area contributed by atoms with Crippen LogP contribution in [0.15, 0.2) is 42.5 Å². The molecule has 0 amide bonds. The lowest BCUT2D eigenvalue weighted by molar-refractivity contribution is -0.201. The predicted octanol–water partition coefficient (Wildman–Crippen LogP) is 3.52. The zero-order valence-corrected chi connectivity index (χ0v) is 18.0. The number of benzene rings is 2. The molecule has 1 aliphatic heterocycles. The largest absolute Gasteiger partial charge is 0.381 e. The zero-order valence-electron chi connectivity index (χ0n) is 18.0. The second kappa shape index (κ2) is 9.45. The Balaban J connectivity index is 1.70. The molecule has 162 valence electrons. The molecule has 1 heterocycles. The van der Waals surface area contributed by atoms with E-state index in [-0.39, 0.29) is 18.3 Å². The first-order chi connectivity index (χ1) is 14.3. The Morgan fingerprint density at radius 1 is 1.10 bits per heavy atom. The molecule has 0 aromatic heterocycles. The van der Waals surface area contributed by atoms with Gasteiger partial charge in [0.05, 0.1) is 24.2 Å². The van der Waals surface area contributed by atoms with Gasteiger partial charge in [0.15, 0.2) is 0 Å². The number of nitrogens with zero attached hydrogens (tertiary/aromatic N) is 2. The maximum Gasteiger partial charge on any atom is 0.330 e. The molecule has 0 unspecified atom stereocenters. The van der Waals surface area contributed by atoms with Crippen LogP contribution in [0.1, 0.15) is 31.9 Å². The number of halogens is 1. The van der Waals surface area contributed by atoms with Crippen molar-refractivity contribution in [2.75, 3.05) is 36.4 Å². The summed E-state index contributed by atoms with van der Waals surface area (Å²) in [6, 6.07) is 13.3. The molecular formula is C23H31FN4O2. The second-order valence-electron chi connectivity index (χ2n) is 8.51. The van der Waals surface area contributed by atoms with Crippen molar-refractivity contribution >= 4 is 17.3 Å². The summed E-state index contributed by atoms with van der Waals surface area (Å²) < 4.78 is 14.8. The standard InChI is InChI=1S/C23H31FN4O2/c1-23(2,3)22(29)30-28-13-11-27(12-14-28)21-18(15-25)20(10-9-19(21)24)26-16-17-7-5-4-6-8-17/h4-10,26H,11-16,25H2,1-3H3.